The van der Waals surface area contributed by atoms with E-state index in [1.54, 1.807) is 18.2 Å². The Hall–Kier alpha value is -4.13. The second kappa shape index (κ2) is 10.0. The van der Waals surface area contributed by atoms with E-state index in [9.17, 15) is 14.4 Å². The molecule has 5 aliphatic rings. The highest BCUT2D eigenvalue weighted by Crippen LogP contribution is 2.60. The second-order valence-corrected chi connectivity index (χ2v) is 13.2. The van der Waals surface area contributed by atoms with Crippen molar-refractivity contribution in [2.45, 2.75) is 64.7 Å². The van der Waals surface area contributed by atoms with Crippen LogP contribution in [0.4, 0.5) is 10.5 Å². The standard InChI is InChI=1S/C35H38N4O3/c1-21-4-8-29(9-5-21)36-32(40)20-38-33(41)31(37-34(38)42)16-27-12-22(2)39(23(27)3)30-10-6-28(7-11-30)35-17-24-13-25(18-35)15-26(14-24)19-35/h4-12,16,24-26H,13-15,17-20H2,1-3H3,(H,36,40)(H,37,42)/b31-16-. The maximum absolute atomic E-state index is 13.1. The Morgan fingerprint density at radius 3 is 2.17 bits per heavy atom. The summed E-state index contributed by atoms with van der Waals surface area (Å²) in [4.78, 5) is 39.2. The van der Waals surface area contributed by atoms with Gasteiger partial charge in [-0.2, -0.15) is 0 Å². The van der Waals surface area contributed by atoms with Gasteiger partial charge in [0, 0.05) is 22.8 Å². The Morgan fingerprint density at radius 2 is 1.55 bits per heavy atom. The van der Waals surface area contributed by atoms with Gasteiger partial charge >= 0.3 is 6.03 Å². The number of imide groups is 1. The third-order valence-corrected chi connectivity index (χ3v) is 10.1. The normalized spacial score (nSPS) is 27.2. The van der Waals surface area contributed by atoms with E-state index in [1.807, 2.05) is 32.0 Å². The average Bonchev–Trinajstić information content (AvgIpc) is 3.37. The van der Waals surface area contributed by atoms with Gasteiger partial charge in [-0.25, -0.2) is 9.69 Å². The van der Waals surface area contributed by atoms with E-state index in [2.05, 4.69) is 46.4 Å². The van der Waals surface area contributed by atoms with E-state index in [4.69, 9.17) is 0 Å². The molecule has 3 aromatic rings. The molecule has 1 aromatic heterocycles. The molecule has 8 rings (SSSR count). The van der Waals surface area contributed by atoms with Crippen LogP contribution in [0.25, 0.3) is 11.8 Å². The molecule has 2 aromatic carbocycles. The minimum absolute atomic E-state index is 0.167. The van der Waals surface area contributed by atoms with Crippen molar-refractivity contribution in [2.75, 3.05) is 11.9 Å². The SMILES string of the molecule is Cc1ccc(NC(=O)CN2C(=O)N/C(=C\c3cc(C)n(-c4ccc(C56CC7CC(CC(C7)C5)C6)cc4)c3C)C2=O)cc1. The molecule has 0 unspecified atom stereocenters. The Labute approximate surface area is 247 Å². The van der Waals surface area contributed by atoms with Gasteiger partial charge in [-0.15, -0.1) is 0 Å². The quantitative estimate of drug-likeness (QED) is 0.269. The molecule has 2 heterocycles. The molecule has 4 amide bonds. The fourth-order valence-electron chi connectivity index (χ4n) is 8.61. The van der Waals surface area contributed by atoms with Crippen LogP contribution in [0.1, 0.15) is 66.6 Å². The Kier molecular flexibility index (Phi) is 6.37. The zero-order valence-corrected chi connectivity index (χ0v) is 24.6. The van der Waals surface area contributed by atoms with E-state index in [0.717, 1.165) is 50.9 Å². The predicted octanol–water partition coefficient (Wildman–Crippen LogP) is 6.40. The van der Waals surface area contributed by atoms with E-state index in [-0.39, 0.29) is 12.2 Å². The molecular weight excluding hydrogens is 524 g/mol. The van der Waals surface area contributed by atoms with Gasteiger partial charge in [0.1, 0.15) is 12.2 Å². The van der Waals surface area contributed by atoms with Crippen LogP contribution in [0.3, 0.4) is 0 Å². The van der Waals surface area contributed by atoms with Crippen LogP contribution in [0.15, 0.2) is 60.3 Å². The largest absolute Gasteiger partial charge is 0.329 e. The zero-order valence-electron chi connectivity index (χ0n) is 24.6. The third-order valence-electron chi connectivity index (χ3n) is 10.1. The van der Waals surface area contributed by atoms with Gasteiger partial charge in [0.2, 0.25) is 5.91 Å². The van der Waals surface area contributed by atoms with Crippen molar-refractivity contribution >= 4 is 29.6 Å². The van der Waals surface area contributed by atoms with Gasteiger partial charge in [-0.3, -0.25) is 9.59 Å². The number of benzene rings is 2. The van der Waals surface area contributed by atoms with E-state index in [1.165, 1.54) is 44.1 Å². The first-order chi connectivity index (χ1) is 20.2. The Balaban J connectivity index is 1.08. The second-order valence-electron chi connectivity index (χ2n) is 13.2. The lowest BCUT2D eigenvalue weighted by molar-refractivity contribution is -0.127. The van der Waals surface area contributed by atoms with Crippen LogP contribution >= 0.6 is 0 Å². The number of carbonyl (C=O) groups is 3. The first kappa shape index (κ1) is 26.7. The number of hydrogen-bond donors (Lipinski definition) is 2. The summed E-state index contributed by atoms with van der Waals surface area (Å²) >= 11 is 0. The fourth-order valence-corrected chi connectivity index (χ4v) is 8.61. The predicted molar refractivity (Wildman–Crippen MR) is 163 cm³/mol. The van der Waals surface area contributed by atoms with Crippen molar-refractivity contribution in [3.63, 3.8) is 0 Å². The topological polar surface area (TPSA) is 83.4 Å². The summed E-state index contributed by atoms with van der Waals surface area (Å²) < 4.78 is 2.20. The highest BCUT2D eigenvalue weighted by Gasteiger charge is 2.51. The van der Waals surface area contributed by atoms with Crippen molar-refractivity contribution < 1.29 is 14.4 Å². The fraction of sp³-hybridized carbons (Fsp3) is 0.400. The highest BCUT2D eigenvalue weighted by molar-refractivity contribution is 6.16. The van der Waals surface area contributed by atoms with Crippen molar-refractivity contribution in [2.24, 2.45) is 17.8 Å². The molecule has 4 bridgehead atoms. The number of amides is 4. The molecule has 4 aliphatic carbocycles. The maximum Gasteiger partial charge on any atom is 0.329 e. The number of nitrogens with one attached hydrogen (secondary N) is 2. The van der Waals surface area contributed by atoms with Crippen molar-refractivity contribution in [3.05, 3.63) is 88.4 Å². The molecule has 1 saturated heterocycles. The number of rotatable bonds is 6. The lowest BCUT2D eigenvalue weighted by Gasteiger charge is -2.57. The monoisotopic (exact) mass is 562 g/mol. The average molecular weight is 563 g/mol. The lowest BCUT2D eigenvalue weighted by atomic mass is 9.48. The van der Waals surface area contributed by atoms with Gasteiger partial charge in [-0.05, 0) is 130 Å². The van der Waals surface area contributed by atoms with Gasteiger partial charge in [-0.1, -0.05) is 29.8 Å². The molecular formula is C35H38N4O3. The molecule has 4 saturated carbocycles. The van der Waals surface area contributed by atoms with Crippen LogP contribution in [0.2, 0.25) is 0 Å². The number of hydrogen-bond acceptors (Lipinski definition) is 3. The van der Waals surface area contributed by atoms with Gasteiger partial charge in [0.15, 0.2) is 0 Å². The van der Waals surface area contributed by atoms with Crippen LogP contribution in [0, 0.1) is 38.5 Å². The Bertz CT molecular complexity index is 1580. The number of aromatic nitrogens is 1. The molecule has 1 aliphatic heterocycles. The summed E-state index contributed by atoms with van der Waals surface area (Å²) in [5.41, 5.74) is 7.71. The van der Waals surface area contributed by atoms with Gasteiger partial charge in [0.25, 0.3) is 5.91 Å². The summed E-state index contributed by atoms with van der Waals surface area (Å²) in [5, 5.41) is 5.40. The maximum atomic E-state index is 13.1. The van der Waals surface area contributed by atoms with E-state index in [0.29, 0.717) is 11.1 Å². The highest BCUT2D eigenvalue weighted by atomic mass is 16.2. The molecule has 42 heavy (non-hydrogen) atoms. The molecule has 2 N–H and O–H groups in total. The number of nitrogens with zero attached hydrogens (tertiary/aromatic N) is 2. The molecule has 5 fully saturated rings. The summed E-state index contributed by atoms with van der Waals surface area (Å²) in [5.74, 6) is 1.80. The molecule has 0 spiro atoms. The zero-order chi connectivity index (χ0) is 29.2. The molecule has 7 heteroatoms. The minimum atomic E-state index is -0.598. The van der Waals surface area contributed by atoms with E-state index >= 15 is 0 Å². The summed E-state index contributed by atoms with van der Waals surface area (Å²) in [6.45, 7) is 5.69. The third kappa shape index (κ3) is 4.65. The van der Waals surface area contributed by atoms with Gasteiger partial charge in [0.05, 0.1) is 0 Å². The van der Waals surface area contributed by atoms with Crippen LogP contribution in [0.5, 0.6) is 0 Å². The Morgan fingerprint density at radius 1 is 0.929 bits per heavy atom. The smallest absolute Gasteiger partial charge is 0.325 e. The number of urea groups is 1. The van der Waals surface area contributed by atoms with Crippen LogP contribution in [-0.2, 0) is 15.0 Å². The molecule has 0 radical (unpaired) electrons. The molecule has 216 valence electrons. The molecule has 0 atom stereocenters. The summed E-state index contributed by atoms with van der Waals surface area (Å²) in [6.07, 6.45) is 10.1. The van der Waals surface area contributed by atoms with Crippen molar-refractivity contribution in [3.8, 4) is 5.69 Å². The van der Waals surface area contributed by atoms with Gasteiger partial charge < -0.3 is 15.2 Å². The summed E-state index contributed by atoms with van der Waals surface area (Å²) in [7, 11) is 0. The van der Waals surface area contributed by atoms with Crippen LogP contribution in [-0.4, -0.2) is 33.9 Å². The molecule has 7 nitrogen and oxygen atoms in total. The van der Waals surface area contributed by atoms with E-state index < -0.39 is 17.8 Å². The van der Waals surface area contributed by atoms with Crippen LogP contribution < -0.4 is 10.6 Å². The number of carbonyl (C=O) groups excluding carboxylic acids is 3. The minimum Gasteiger partial charge on any atom is -0.325 e. The summed E-state index contributed by atoms with van der Waals surface area (Å²) in [6, 6.07) is 18.0. The number of anilines is 1. The lowest BCUT2D eigenvalue weighted by Crippen LogP contribution is -2.48. The first-order valence-electron chi connectivity index (χ1n) is 15.2. The van der Waals surface area contributed by atoms with Crippen molar-refractivity contribution in [1.29, 1.82) is 0 Å². The first-order valence-corrected chi connectivity index (χ1v) is 15.2. The number of aryl methyl sites for hydroxylation is 2. The van der Waals surface area contributed by atoms with Crippen molar-refractivity contribution in [1.82, 2.24) is 14.8 Å².